The van der Waals surface area contributed by atoms with E-state index in [1.54, 1.807) is 7.11 Å². The second kappa shape index (κ2) is 4.49. The number of methoxy groups -OCH3 is 1. The van der Waals surface area contributed by atoms with Crippen LogP contribution in [0.25, 0.3) is 0 Å². The maximum absolute atomic E-state index is 9.35. The molecule has 15 heavy (non-hydrogen) atoms. The number of ether oxygens (including phenoxy) is 1. The van der Waals surface area contributed by atoms with E-state index in [2.05, 4.69) is 18.2 Å². The highest BCUT2D eigenvalue weighted by molar-refractivity contribution is 5.32. The third-order valence-corrected chi connectivity index (χ3v) is 2.88. The van der Waals surface area contributed by atoms with Gasteiger partial charge in [-0.2, -0.15) is 0 Å². The molecule has 0 saturated carbocycles. The summed E-state index contributed by atoms with van der Waals surface area (Å²) in [4.78, 5) is 0. The van der Waals surface area contributed by atoms with E-state index in [1.165, 1.54) is 5.56 Å². The molecule has 0 amide bonds. The van der Waals surface area contributed by atoms with Crippen LogP contribution >= 0.6 is 0 Å². The molecule has 2 unspecified atom stereocenters. The Morgan fingerprint density at radius 1 is 1.13 bits per heavy atom. The van der Waals surface area contributed by atoms with Crippen LogP contribution in [0.4, 0.5) is 0 Å². The molecule has 2 atom stereocenters. The van der Waals surface area contributed by atoms with Crippen LogP contribution in [0.15, 0.2) is 36.4 Å². The number of hydrogen-bond acceptors (Lipinski definition) is 2. The summed E-state index contributed by atoms with van der Waals surface area (Å²) in [5.74, 6) is 1.33. The van der Waals surface area contributed by atoms with Gasteiger partial charge < -0.3 is 9.84 Å². The average Bonchev–Trinajstić information content (AvgIpc) is 2.30. The van der Waals surface area contributed by atoms with Crippen molar-refractivity contribution in [3.63, 3.8) is 0 Å². The highest BCUT2D eigenvalue weighted by Crippen LogP contribution is 2.28. The summed E-state index contributed by atoms with van der Waals surface area (Å²) in [5.41, 5.74) is 1.29. The normalized spacial score (nSPS) is 25.2. The Morgan fingerprint density at radius 2 is 1.87 bits per heavy atom. The van der Waals surface area contributed by atoms with Gasteiger partial charge in [0.05, 0.1) is 13.2 Å². The molecule has 0 bridgehead atoms. The SMILES string of the molecule is COc1ccc(C2C=CC(O)CC2)cc1. The molecule has 80 valence electrons. The van der Waals surface area contributed by atoms with E-state index in [0.717, 1.165) is 18.6 Å². The van der Waals surface area contributed by atoms with E-state index >= 15 is 0 Å². The fourth-order valence-electron chi connectivity index (χ4n) is 1.93. The summed E-state index contributed by atoms with van der Waals surface area (Å²) in [5, 5.41) is 9.35. The Labute approximate surface area is 90.2 Å². The minimum absolute atomic E-state index is 0.250. The first kappa shape index (κ1) is 10.2. The summed E-state index contributed by atoms with van der Waals surface area (Å²) < 4.78 is 5.12. The van der Waals surface area contributed by atoms with Gasteiger partial charge in [0.15, 0.2) is 0 Å². The van der Waals surface area contributed by atoms with Crippen molar-refractivity contribution in [2.75, 3.05) is 7.11 Å². The number of allylic oxidation sites excluding steroid dienone is 1. The van der Waals surface area contributed by atoms with Gasteiger partial charge >= 0.3 is 0 Å². The van der Waals surface area contributed by atoms with E-state index in [4.69, 9.17) is 4.74 Å². The molecular weight excluding hydrogens is 188 g/mol. The second-order valence-corrected chi connectivity index (χ2v) is 3.91. The van der Waals surface area contributed by atoms with Crippen molar-refractivity contribution >= 4 is 0 Å². The molecule has 0 radical (unpaired) electrons. The van der Waals surface area contributed by atoms with E-state index in [-0.39, 0.29) is 6.10 Å². The number of rotatable bonds is 2. The molecule has 1 N–H and O–H groups in total. The molecule has 2 heteroatoms. The van der Waals surface area contributed by atoms with Crippen molar-refractivity contribution in [2.45, 2.75) is 24.9 Å². The lowest BCUT2D eigenvalue weighted by Gasteiger charge is -2.20. The third kappa shape index (κ3) is 2.39. The van der Waals surface area contributed by atoms with Crippen LogP contribution in [0.5, 0.6) is 5.75 Å². The van der Waals surface area contributed by atoms with E-state index in [9.17, 15) is 5.11 Å². The second-order valence-electron chi connectivity index (χ2n) is 3.91. The summed E-state index contributed by atoms with van der Waals surface area (Å²) >= 11 is 0. The van der Waals surface area contributed by atoms with Crippen molar-refractivity contribution in [3.05, 3.63) is 42.0 Å². The van der Waals surface area contributed by atoms with Gasteiger partial charge in [-0.1, -0.05) is 24.3 Å². The zero-order valence-electron chi connectivity index (χ0n) is 8.89. The van der Waals surface area contributed by atoms with Gasteiger partial charge in [-0.3, -0.25) is 0 Å². The third-order valence-electron chi connectivity index (χ3n) is 2.88. The topological polar surface area (TPSA) is 29.5 Å². The van der Waals surface area contributed by atoms with Crippen LogP contribution in [-0.2, 0) is 0 Å². The minimum Gasteiger partial charge on any atom is -0.497 e. The smallest absolute Gasteiger partial charge is 0.118 e. The van der Waals surface area contributed by atoms with Crippen molar-refractivity contribution in [1.29, 1.82) is 0 Å². The molecule has 0 fully saturated rings. The van der Waals surface area contributed by atoms with Gasteiger partial charge in [0, 0.05) is 5.92 Å². The Morgan fingerprint density at radius 3 is 2.40 bits per heavy atom. The molecule has 1 aromatic rings. The quantitative estimate of drug-likeness (QED) is 0.750. The van der Waals surface area contributed by atoms with Crippen LogP contribution in [0, 0.1) is 0 Å². The lowest BCUT2D eigenvalue weighted by atomic mass is 9.88. The summed E-state index contributed by atoms with van der Waals surface area (Å²) in [6.45, 7) is 0. The molecule has 0 saturated heterocycles. The maximum atomic E-state index is 9.35. The van der Waals surface area contributed by atoms with E-state index < -0.39 is 0 Å². The molecule has 0 heterocycles. The van der Waals surface area contributed by atoms with Crippen LogP contribution in [0.2, 0.25) is 0 Å². The first-order valence-electron chi connectivity index (χ1n) is 5.30. The molecule has 2 nitrogen and oxygen atoms in total. The van der Waals surface area contributed by atoms with Gasteiger partial charge in [0.1, 0.15) is 5.75 Å². The standard InChI is InChI=1S/C13H16O2/c1-15-13-8-4-11(5-9-13)10-2-6-12(14)7-3-10/h2,4-6,8-10,12,14H,3,7H2,1H3. The largest absolute Gasteiger partial charge is 0.497 e. The molecule has 1 aliphatic rings. The summed E-state index contributed by atoms with van der Waals surface area (Å²) in [6, 6.07) is 8.14. The Bertz CT molecular complexity index is 340. The average molecular weight is 204 g/mol. The Kier molecular flexibility index (Phi) is 3.07. The van der Waals surface area contributed by atoms with Crippen LogP contribution in [0.3, 0.4) is 0 Å². The summed E-state index contributed by atoms with van der Waals surface area (Å²) in [7, 11) is 1.67. The lowest BCUT2D eigenvalue weighted by molar-refractivity contribution is 0.201. The number of aliphatic hydroxyl groups excluding tert-OH is 1. The van der Waals surface area contributed by atoms with E-state index in [1.807, 2.05) is 18.2 Å². The number of benzene rings is 1. The first-order chi connectivity index (χ1) is 7.29. The predicted molar refractivity (Wildman–Crippen MR) is 60.1 cm³/mol. The molecule has 0 aliphatic heterocycles. The van der Waals surface area contributed by atoms with E-state index in [0.29, 0.717) is 5.92 Å². The fraction of sp³-hybridized carbons (Fsp3) is 0.385. The van der Waals surface area contributed by atoms with Gasteiger partial charge in [-0.25, -0.2) is 0 Å². The zero-order valence-corrected chi connectivity index (χ0v) is 8.89. The van der Waals surface area contributed by atoms with Crippen LogP contribution < -0.4 is 4.74 Å². The predicted octanol–water partition coefficient (Wildman–Crippen LogP) is 2.49. The molecule has 1 aliphatic carbocycles. The minimum atomic E-state index is -0.250. The van der Waals surface area contributed by atoms with Crippen molar-refractivity contribution < 1.29 is 9.84 Å². The molecule has 1 aromatic carbocycles. The Balaban J connectivity index is 2.12. The Hall–Kier alpha value is -1.28. The zero-order chi connectivity index (χ0) is 10.7. The monoisotopic (exact) mass is 204 g/mol. The van der Waals surface area contributed by atoms with Gasteiger partial charge in [0.2, 0.25) is 0 Å². The number of hydrogen-bond donors (Lipinski definition) is 1. The van der Waals surface area contributed by atoms with Gasteiger partial charge in [-0.15, -0.1) is 0 Å². The van der Waals surface area contributed by atoms with Gasteiger partial charge in [0.25, 0.3) is 0 Å². The van der Waals surface area contributed by atoms with Crippen LogP contribution in [-0.4, -0.2) is 18.3 Å². The highest BCUT2D eigenvalue weighted by Gasteiger charge is 2.14. The molecule has 0 aromatic heterocycles. The maximum Gasteiger partial charge on any atom is 0.118 e. The summed E-state index contributed by atoms with van der Waals surface area (Å²) in [6.07, 6.45) is 5.60. The number of aliphatic hydroxyl groups is 1. The first-order valence-corrected chi connectivity index (χ1v) is 5.30. The van der Waals surface area contributed by atoms with Crippen molar-refractivity contribution in [1.82, 2.24) is 0 Å². The van der Waals surface area contributed by atoms with Crippen molar-refractivity contribution in [2.24, 2.45) is 0 Å². The molecule has 0 spiro atoms. The van der Waals surface area contributed by atoms with Crippen molar-refractivity contribution in [3.8, 4) is 5.75 Å². The molecular formula is C13H16O2. The lowest BCUT2D eigenvalue weighted by Crippen LogP contribution is -2.10. The fourth-order valence-corrected chi connectivity index (χ4v) is 1.93. The van der Waals surface area contributed by atoms with Gasteiger partial charge in [-0.05, 0) is 30.5 Å². The highest BCUT2D eigenvalue weighted by atomic mass is 16.5. The molecule has 2 rings (SSSR count). The van der Waals surface area contributed by atoms with Crippen LogP contribution in [0.1, 0.15) is 24.3 Å².